The predicted molar refractivity (Wildman–Crippen MR) is 117 cm³/mol. The number of ether oxygens (including phenoxy) is 1. The number of benzene rings is 2. The van der Waals surface area contributed by atoms with Crippen LogP contribution in [0.25, 0.3) is 11.1 Å². The average molecular weight is 396 g/mol. The molecule has 2 N–H and O–H groups in total. The Morgan fingerprint density at radius 3 is 2.07 bits per heavy atom. The highest BCUT2D eigenvalue weighted by atomic mass is 16.5. The van der Waals surface area contributed by atoms with Gasteiger partial charge in [-0.3, -0.25) is 9.80 Å². The molecule has 0 saturated carbocycles. The Labute approximate surface area is 174 Å². The minimum absolute atomic E-state index is 0.257. The van der Waals surface area contributed by atoms with Crippen molar-refractivity contribution in [3.8, 4) is 11.1 Å². The molecule has 0 amide bonds. The molecule has 1 atom stereocenters. The molecule has 0 aliphatic carbocycles. The van der Waals surface area contributed by atoms with Crippen LogP contribution in [0.5, 0.6) is 0 Å². The smallest absolute Gasteiger partial charge is 0.0721 e. The zero-order chi connectivity index (χ0) is 19.9. The fourth-order valence-electron chi connectivity index (χ4n) is 4.15. The van der Waals surface area contributed by atoms with E-state index in [1.165, 1.54) is 22.3 Å². The van der Waals surface area contributed by atoms with E-state index in [2.05, 4.69) is 63.6 Å². The van der Waals surface area contributed by atoms with E-state index in [4.69, 9.17) is 9.84 Å². The molecule has 2 aliphatic heterocycles. The van der Waals surface area contributed by atoms with Gasteiger partial charge < -0.3 is 15.2 Å². The first kappa shape index (κ1) is 20.5. The Kier molecular flexibility index (Phi) is 7.30. The number of piperazine rings is 1. The third kappa shape index (κ3) is 5.87. The molecule has 4 rings (SSSR count). The van der Waals surface area contributed by atoms with Gasteiger partial charge in [-0.15, -0.1) is 0 Å². The summed E-state index contributed by atoms with van der Waals surface area (Å²) in [6.07, 6.45) is 1.47. The molecule has 2 aromatic carbocycles. The van der Waals surface area contributed by atoms with Crippen LogP contribution in [0.3, 0.4) is 0 Å². The normalized spacial score (nSPS) is 20.9. The van der Waals surface area contributed by atoms with Gasteiger partial charge in [-0.1, -0.05) is 48.5 Å². The molecule has 0 aromatic heterocycles. The Hall–Kier alpha value is -1.76. The van der Waals surface area contributed by atoms with Crippen LogP contribution in [0.15, 0.2) is 48.5 Å². The lowest BCUT2D eigenvalue weighted by molar-refractivity contribution is 0.0542. The Morgan fingerprint density at radius 1 is 0.862 bits per heavy atom. The quantitative estimate of drug-likeness (QED) is 0.719. The summed E-state index contributed by atoms with van der Waals surface area (Å²) in [4.78, 5) is 4.83. The summed E-state index contributed by atoms with van der Waals surface area (Å²) in [5, 5.41) is 12.4. The first-order valence-electron chi connectivity index (χ1n) is 10.9. The van der Waals surface area contributed by atoms with E-state index >= 15 is 0 Å². The number of nitrogens with one attached hydrogen (secondary N) is 1. The van der Waals surface area contributed by atoms with Crippen molar-refractivity contribution >= 4 is 0 Å². The molecule has 2 fully saturated rings. The van der Waals surface area contributed by atoms with Crippen LogP contribution in [0, 0.1) is 0 Å². The fourth-order valence-corrected chi connectivity index (χ4v) is 4.15. The fraction of sp³-hybridized carbons (Fsp3) is 0.500. The van der Waals surface area contributed by atoms with Crippen molar-refractivity contribution in [2.24, 2.45) is 0 Å². The summed E-state index contributed by atoms with van der Waals surface area (Å²) in [5.41, 5.74) is 5.10. The first-order valence-corrected chi connectivity index (χ1v) is 10.9. The number of β-amino-alcohol motifs (C(OH)–C–C–N with tert-alkyl or cyclic N) is 1. The number of aliphatic hydroxyl groups excluding tert-OH is 1. The molecule has 0 spiro atoms. The van der Waals surface area contributed by atoms with Crippen molar-refractivity contribution < 1.29 is 9.84 Å². The molecular weight excluding hydrogens is 362 g/mol. The lowest BCUT2D eigenvalue weighted by atomic mass is 10.0. The van der Waals surface area contributed by atoms with Gasteiger partial charge >= 0.3 is 0 Å². The second-order valence-corrected chi connectivity index (χ2v) is 8.16. The third-order valence-electron chi connectivity index (χ3n) is 6.03. The van der Waals surface area contributed by atoms with Gasteiger partial charge in [-0.25, -0.2) is 0 Å². The maximum absolute atomic E-state index is 9.06. The van der Waals surface area contributed by atoms with Crippen molar-refractivity contribution in [2.75, 3.05) is 52.4 Å². The van der Waals surface area contributed by atoms with Crippen molar-refractivity contribution in [1.29, 1.82) is 0 Å². The second-order valence-electron chi connectivity index (χ2n) is 8.16. The molecule has 2 saturated heterocycles. The molecule has 2 heterocycles. The van der Waals surface area contributed by atoms with Gasteiger partial charge in [0.2, 0.25) is 0 Å². The molecule has 0 radical (unpaired) electrons. The molecule has 5 heteroatoms. The lowest BCUT2D eigenvalue weighted by Crippen LogP contribution is -2.46. The molecular formula is C24H33N3O2. The van der Waals surface area contributed by atoms with Crippen molar-refractivity contribution in [2.45, 2.75) is 25.7 Å². The first-order chi connectivity index (χ1) is 14.3. The molecule has 156 valence electrons. The van der Waals surface area contributed by atoms with Gasteiger partial charge in [0, 0.05) is 45.8 Å². The summed E-state index contributed by atoms with van der Waals surface area (Å²) in [6, 6.07) is 17.7. The van der Waals surface area contributed by atoms with Gasteiger partial charge in [0.15, 0.2) is 0 Å². The Balaban J connectivity index is 1.27. The SMILES string of the molecule is OCCN1CCN(Cc2ccc(-c3ccc(COC4CCNC4)cc3)cc2)CC1. The van der Waals surface area contributed by atoms with E-state index in [0.29, 0.717) is 12.7 Å². The van der Waals surface area contributed by atoms with Crippen LogP contribution in [0.2, 0.25) is 0 Å². The van der Waals surface area contributed by atoms with Gasteiger partial charge in [0.05, 0.1) is 19.3 Å². The van der Waals surface area contributed by atoms with Crippen LogP contribution in [0.1, 0.15) is 17.5 Å². The van der Waals surface area contributed by atoms with E-state index < -0.39 is 0 Å². The standard InChI is InChI=1S/C24H33N3O2/c28-16-15-26-11-13-27(14-12-26)18-20-1-5-22(6-2-20)23-7-3-21(4-8-23)19-29-24-9-10-25-17-24/h1-8,24-25,28H,9-19H2. The van der Waals surface area contributed by atoms with Crippen LogP contribution < -0.4 is 5.32 Å². The maximum Gasteiger partial charge on any atom is 0.0721 e. The minimum atomic E-state index is 0.257. The topological polar surface area (TPSA) is 48.0 Å². The van der Waals surface area contributed by atoms with Crippen molar-refractivity contribution in [3.63, 3.8) is 0 Å². The third-order valence-corrected chi connectivity index (χ3v) is 6.03. The molecule has 5 nitrogen and oxygen atoms in total. The molecule has 2 aromatic rings. The number of aliphatic hydroxyl groups is 1. The Bertz CT molecular complexity index is 734. The minimum Gasteiger partial charge on any atom is -0.395 e. The van der Waals surface area contributed by atoms with E-state index in [0.717, 1.165) is 58.8 Å². The summed E-state index contributed by atoms with van der Waals surface area (Å²) in [6.45, 7) is 9.03. The second kappa shape index (κ2) is 10.3. The summed E-state index contributed by atoms with van der Waals surface area (Å²) in [5.74, 6) is 0. The largest absolute Gasteiger partial charge is 0.395 e. The Morgan fingerprint density at radius 2 is 1.48 bits per heavy atom. The average Bonchev–Trinajstić information content (AvgIpc) is 3.29. The van der Waals surface area contributed by atoms with Gasteiger partial charge in [-0.05, 0) is 35.2 Å². The highest BCUT2D eigenvalue weighted by Crippen LogP contribution is 2.22. The number of hydrogen-bond acceptors (Lipinski definition) is 5. The number of rotatable bonds is 8. The lowest BCUT2D eigenvalue weighted by Gasteiger charge is -2.34. The van der Waals surface area contributed by atoms with Crippen molar-refractivity contribution in [3.05, 3.63) is 59.7 Å². The zero-order valence-electron chi connectivity index (χ0n) is 17.2. The van der Waals surface area contributed by atoms with Gasteiger partial charge in [0.1, 0.15) is 0 Å². The highest BCUT2D eigenvalue weighted by molar-refractivity contribution is 5.63. The zero-order valence-corrected chi connectivity index (χ0v) is 17.2. The summed E-state index contributed by atoms with van der Waals surface area (Å²) in [7, 11) is 0. The van der Waals surface area contributed by atoms with Gasteiger partial charge in [-0.2, -0.15) is 0 Å². The van der Waals surface area contributed by atoms with Crippen LogP contribution in [-0.2, 0) is 17.9 Å². The molecule has 0 bridgehead atoms. The van der Waals surface area contributed by atoms with Crippen LogP contribution in [0.4, 0.5) is 0 Å². The monoisotopic (exact) mass is 395 g/mol. The van der Waals surface area contributed by atoms with Crippen LogP contribution >= 0.6 is 0 Å². The van der Waals surface area contributed by atoms with Crippen LogP contribution in [-0.4, -0.2) is 73.4 Å². The van der Waals surface area contributed by atoms with E-state index in [9.17, 15) is 0 Å². The number of hydrogen-bond donors (Lipinski definition) is 2. The van der Waals surface area contributed by atoms with E-state index in [1.807, 2.05) is 0 Å². The molecule has 2 aliphatic rings. The highest BCUT2D eigenvalue weighted by Gasteiger charge is 2.16. The van der Waals surface area contributed by atoms with E-state index in [-0.39, 0.29) is 6.61 Å². The predicted octanol–water partition coefficient (Wildman–Crippen LogP) is 2.34. The summed E-state index contributed by atoms with van der Waals surface area (Å²) >= 11 is 0. The van der Waals surface area contributed by atoms with Gasteiger partial charge in [0.25, 0.3) is 0 Å². The molecule has 29 heavy (non-hydrogen) atoms. The maximum atomic E-state index is 9.06. The van der Waals surface area contributed by atoms with Crippen molar-refractivity contribution in [1.82, 2.24) is 15.1 Å². The van der Waals surface area contributed by atoms with E-state index in [1.54, 1.807) is 0 Å². The number of nitrogens with zero attached hydrogens (tertiary/aromatic N) is 2. The molecule has 1 unspecified atom stereocenters. The summed E-state index contributed by atoms with van der Waals surface area (Å²) < 4.78 is 5.96.